The lowest BCUT2D eigenvalue weighted by atomic mass is 10.1. The number of thiophene rings is 1. The zero-order valence-electron chi connectivity index (χ0n) is 10.9. The zero-order valence-corrected chi connectivity index (χ0v) is 11.7. The van der Waals surface area contributed by atoms with Gasteiger partial charge in [-0.2, -0.15) is 0 Å². The molecule has 1 heterocycles. The van der Waals surface area contributed by atoms with E-state index in [1.165, 1.54) is 10.4 Å². The van der Waals surface area contributed by atoms with Crippen molar-refractivity contribution in [1.29, 1.82) is 0 Å². The Morgan fingerprint density at radius 1 is 1.06 bits per heavy atom. The number of aliphatic hydroxyl groups is 1. The second kappa shape index (κ2) is 6.58. The van der Waals surface area contributed by atoms with Crippen LogP contribution in [0.5, 0.6) is 0 Å². The summed E-state index contributed by atoms with van der Waals surface area (Å²) in [6.07, 6.45) is -0.483. The third kappa shape index (κ3) is 3.42. The standard InChI is InChI=1S/C13H14OS.C2H6/c1-9-8-12(15-10(9)2)13(14)11-6-4-3-5-7-11;1-2/h3-8,13-14H,1-2H3;1-2H3. The van der Waals surface area contributed by atoms with Crippen molar-refractivity contribution in [3.63, 3.8) is 0 Å². The minimum Gasteiger partial charge on any atom is -0.383 e. The van der Waals surface area contributed by atoms with Gasteiger partial charge in [-0.05, 0) is 31.0 Å². The maximum Gasteiger partial charge on any atom is 0.113 e. The highest BCUT2D eigenvalue weighted by Crippen LogP contribution is 2.30. The summed E-state index contributed by atoms with van der Waals surface area (Å²) >= 11 is 1.67. The van der Waals surface area contributed by atoms with Gasteiger partial charge < -0.3 is 5.11 Å². The first kappa shape index (κ1) is 13.9. The van der Waals surface area contributed by atoms with Crippen LogP contribution in [-0.4, -0.2) is 5.11 Å². The van der Waals surface area contributed by atoms with Gasteiger partial charge in [0, 0.05) is 9.75 Å². The van der Waals surface area contributed by atoms with Gasteiger partial charge in [-0.1, -0.05) is 44.2 Å². The monoisotopic (exact) mass is 248 g/mol. The Morgan fingerprint density at radius 2 is 1.65 bits per heavy atom. The molecular weight excluding hydrogens is 228 g/mol. The van der Waals surface area contributed by atoms with E-state index in [0.717, 1.165) is 10.4 Å². The van der Waals surface area contributed by atoms with Crippen molar-refractivity contribution in [1.82, 2.24) is 0 Å². The summed E-state index contributed by atoms with van der Waals surface area (Å²) in [7, 11) is 0. The molecule has 0 aliphatic heterocycles. The molecule has 0 aliphatic rings. The van der Waals surface area contributed by atoms with E-state index in [-0.39, 0.29) is 0 Å². The first-order valence-corrected chi connectivity index (χ1v) is 6.80. The van der Waals surface area contributed by atoms with Crippen LogP contribution in [-0.2, 0) is 0 Å². The van der Waals surface area contributed by atoms with E-state index >= 15 is 0 Å². The average molecular weight is 248 g/mol. The lowest BCUT2D eigenvalue weighted by Gasteiger charge is -2.07. The van der Waals surface area contributed by atoms with Crippen molar-refractivity contribution in [3.8, 4) is 0 Å². The Labute approximate surface area is 108 Å². The number of hydrogen-bond acceptors (Lipinski definition) is 2. The third-order valence-corrected chi connectivity index (χ3v) is 3.77. The molecular formula is C15H20OS. The Bertz CT molecular complexity index is 426. The highest BCUT2D eigenvalue weighted by Gasteiger charge is 2.13. The predicted molar refractivity (Wildman–Crippen MR) is 75.6 cm³/mol. The summed E-state index contributed by atoms with van der Waals surface area (Å²) in [5.41, 5.74) is 2.21. The molecule has 17 heavy (non-hydrogen) atoms. The summed E-state index contributed by atoms with van der Waals surface area (Å²) in [5, 5.41) is 10.1. The second-order valence-electron chi connectivity index (χ2n) is 3.70. The molecule has 1 N–H and O–H groups in total. The summed E-state index contributed by atoms with van der Waals surface area (Å²) in [5.74, 6) is 0. The van der Waals surface area contributed by atoms with Gasteiger partial charge in [-0.15, -0.1) is 11.3 Å². The Morgan fingerprint density at radius 3 is 2.12 bits per heavy atom. The first-order valence-electron chi connectivity index (χ1n) is 5.98. The summed E-state index contributed by atoms with van der Waals surface area (Å²) in [6, 6.07) is 11.8. The van der Waals surface area contributed by atoms with Gasteiger partial charge in [-0.3, -0.25) is 0 Å². The van der Waals surface area contributed by atoms with Crippen LogP contribution >= 0.6 is 11.3 Å². The number of hydrogen-bond donors (Lipinski definition) is 1. The fraction of sp³-hybridized carbons (Fsp3) is 0.333. The molecule has 2 aromatic rings. The van der Waals surface area contributed by atoms with E-state index in [2.05, 4.69) is 19.9 Å². The van der Waals surface area contributed by atoms with E-state index in [1.54, 1.807) is 11.3 Å². The third-order valence-electron chi connectivity index (χ3n) is 2.57. The second-order valence-corrected chi connectivity index (χ2v) is 4.99. The molecule has 0 bridgehead atoms. The van der Waals surface area contributed by atoms with Gasteiger partial charge in [0.2, 0.25) is 0 Å². The molecule has 1 aromatic carbocycles. The van der Waals surface area contributed by atoms with E-state index < -0.39 is 6.10 Å². The Kier molecular flexibility index (Phi) is 5.39. The molecule has 0 radical (unpaired) electrons. The molecule has 0 spiro atoms. The van der Waals surface area contributed by atoms with Crippen molar-refractivity contribution in [3.05, 3.63) is 57.3 Å². The van der Waals surface area contributed by atoms with E-state index in [0.29, 0.717) is 0 Å². The molecule has 0 amide bonds. The Hall–Kier alpha value is -1.12. The molecule has 1 atom stereocenters. The van der Waals surface area contributed by atoms with Crippen molar-refractivity contribution in [2.45, 2.75) is 33.8 Å². The van der Waals surface area contributed by atoms with Crippen LogP contribution in [0.4, 0.5) is 0 Å². The number of benzene rings is 1. The molecule has 92 valence electrons. The smallest absolute Gasteiger partial charge is 0.113 e. The van der Waals surface area contributed by atoms with Crippen LogP contribution in [0.25, 0.3) is 0 Å². The Balaban J connectivity index is 0.000000686. The van der Waals surface area contributed by atoms with Crippen LogP contribution in [0.15, 0.2) is 36.4 Å². The topological polar surface area (TPSA) is 20.2 Å². The fourth-order valence-corrected chi connectivity index (χ4v) is 2.59. The van der Waals surface area contributed by atoms with Gasteiger partial charge in [-0.25, -0.2) is 0 Å². The number of aryl methyl sites for hydroxylation is 2. The van der Waals surface area contributed by atoms with Crippen molar-refractivity contribution >= 4 is 11.3 Å². The van der Waals surface area contributed by atoms with Crippen LogP contribution in [0.2, 0.25) is 0 Å². The minimum atomic E-state index is -0.483. The molecule has 1 nitrogen and oxygen atoms in total. The summed E-state index contributed by atoms with van der Waals surface area (Å²) in [6.45, 7) is 8.16. The predicted octanol–water partition coefficient (Wildman–Crippen LogP) is 4.47. The van der Waals surface area contributed by atoms with E-state index in [9.17, 15) is 5.11 Å². The van der Waals surface area contributed by atoms with Crippen LogP contribution in [0.3, 0.4) is 0 Å². The quantitative estimate of drug-likeness (QED) is 0.831. The lowest BCUT2D eigenvalue weighted by molar-refractivity contribution is 0.224. The van der Waals surface area contributed by atoms with Crippen molar-refractivity contribution < 1.29 is 5.11 Å². The number of aliphatic hydroxyl groups excluding tert-OH is 1. The molecule has 1 aromatic heterocycles. The highest BCUT2D eigenvalue weighted by atomic mass is 32.1. The van der Waals surface area contributed by atoms with Gasteiger partial charge >= 0.3 is 0 Å². The van der Waals surface area contributed by atoms with Gasteiger partial charge in [0.15, 0.2) is 0 Å². The molecule has 0 aliphatic carbocycles. The molecule has 0 saturated heterocycles. The van der Waals surface area contributed by atoms with E-state index in [1.807, 2.05) is 44.2 Å². The van der Waals surface area contributed by atoms with Crippen molar-refractivity contribution in [2.24, 2.45) is 0 Å². The van der Waals surface area contributed by atoms with Crippen LogP contribution in [0.1, 0.15) is 40.8 Å². The molecule has 2 heteroatoms. The van der Waals surface area contributed by atoms with Crippen molar-refractivity contribution in [2.75, 3.05) is 0 Å². The van der Waals surface area contributed by atoms with Gasteiger partial charge in [0.05, 0.1) is 0 Å². The largest absolute Gasteiger partial charge is 0.383 e. The normalized spacial score (nSPS) is 11.6. The first-order chi connectivity index (χ1) is 8.18. The summed E-state index contributed by atoms with van der Waals surface area (Å²) in [4.78, 5) is 2.30. The van der Waals surface area contributed by atoms with Crippen LogP contribution in [0, 0.1) is 13.8 Å². The van der Waals surface area contributed by atoms with Gasteiger partial charge in [0.25, 0.3) is 0 Å². The van der Waals surface area contributed by atoms with Gasteiger partial charge in [0.1, 0.15) is 6.10 Å². The fourth-order valence-electron chi connectivity index (χ4n) is 1.54. The van der Waals surface area contributed by atoms with E-state index in [4.69, 9.17) is 0 Å². The maximum absolute atomic E-state index is 10.1. The molecule has 2 rings (SSSR count). The molecule has 0 saturated carbocycles. The SMILES string of the molecule is CC.Cc1cc(C(O)c2ccccc2)sc1C. The minimum absolute atomic E-state index is 0.483. The average Bonchev–Trinajstić information content (AvgIpc) is 2.72. The lowest BCUT2D eigenvalue weighted by Crippen LogP contribution is -1.95. The van der Waals surface area contributed by atoms with Crippen LogP contribution < -0.4 is 0 Å². The molecule has 1 unspecified atom stereocenters. The number of rotatable bonds is 2. The molecule has 0 fully saturated rings. The maximum atomic E-state index is 10.1. The highest BCUT2D eigenvalue weighted by molar-refractivity contribution is 7.12. The zero-order chi connectivity index (χ0) is 12.8. The summed E-state index contributed by atoms with van der Waals surface area (Å²) < 4.78 is 0.